The lowest BCUT2D eigenvalue weighted by atomic mass is 10.2. The van der Waals surface area contributed by atoms with Gasteiger partial charge in [0.05, 0.1) is 18.3 Å². The molecule has 0 aliphatic heterocycles. The summed E-state index contributed by atoms with van der Waals surface area (Å²) in [4.78, 5) is 26.4. The van der Waals surface area contributed by atoms with E-state index in [0.29, 0.717) is 6.54 Å². The van der Waals surface area contributed by atoms with Crippen LogP contribution >= 0.6 is 0 Å². The minimum Gasteiger partial charge on any atom is -0.383 e. The van der Waals surface area contributed by atoms with E-state index in [4.69, 9.17) is 5.73 Å². The maximum absolute atomic E-state index is 12.9. The van der Waals surface area contributed by atoms with Gasteiger partial charge in [-0.05, 0) is 12.5 Å². The van der Waals surface area contributed by atoms with Gasteiger partial charge < -0.3 is 16.4 Å². The van der Waals surface area contributed by atoms with Crippen molar-refractivity contribution in [3.63, 3.8) is 0 Å². The van der Waals surface area contributed by atoms with Gasteiger partial charge in [0.2, 0.25) is 5.91 Å². The number of nitrogens with zero attached hydrogens (tertiary/aromatic N) is 1. The van der Waals surface area contributed by atoms with E-state index in [1.807, 2.05) is 6.92 Å². The van der Waals surface area contributed by atoms with Crippen molar-refractivity contribution >= 4 is 17.6 Å². The van der Waals surface area contributed by atoms with Gasteiger partial charge in [-0.15, -0.1) is 0 Å². The number of halogens is 1. The van der Waals surface area contributed by atoms with Crippen LogP contribution in [-0.4, -0.2) is 29.9 Å². The molecule has 0 aliphatic rings. The lowest BCUT2D eigenvalue weighted by molar-refractivity contribution is -0.120. The summed E-state index contributed by atoms with van der Waals surface area (Å²) in [6.45, 7) is 2.27. The Kier molecular flexibility index (Phi) is 5.04. The van der Waals surface area contributed by atoms with Crippen molar-refractivity contribution in [3.05, 3.63) is 23.6 Å². The number of rotatable bonds is 5. The lowest BCUT2D eigenvalue weighted by Crippen LogP contribution is -2.37. The summed E-state index contributed by atoms with van der Waals surface area (Å²) < 4.78 is 12.9. The number of anilines is 1. The predicted molar refractivity (Wildman–Crippen MR) is 64.2 cm³/mol. The number of aromatic nitrogens is 1. The highest BCUT2D eigenvalue weighted by molar-refractivity contribution is 5.99. The first-order chi connectivity index (χ1) is 8.54. The summed E-state index contributed by atoms with van der Waals surface area (Å²) in [6.07, 6.45) is 1.72. The number of nitrogens with two attached hydrogens (primary N) is 1. The molecular weight excluding hydrogens is 239 g/mol. The van der Waals surface area contributed by atoms with Crippen LogP contribution in [-0.2, 0) is 4.79 Å². The van der Waals surface area contributed by atoms with Crippen LogP contribution in [0.15, 0.2) is 12.3 Å². The number of nitrogen functional groups attached to an aromatic ring is 1. The Morgan fingerprint density at radius 3 is 2.83 bits per heavy atom. The zero-order valence-electron chi connectivity index (χ0n) is 10.00. The molecule has 0 unspecified atom stereocenters. The summed E-state index contributed by atoms with van der Waals surface area (Å²) in [7, 11) is 0. The maximum Gasteiger partial charge on any atom is 0.255 e. The van der Waals surface area contributed by atoms with Crippen molar-refractivity contribution < 1.29 is 14.0 Å². The van der Waals surface area contributed by atoms with E-state index < -0.39 is 11.7 Å². The van der Waals surface area contributed by atoms with E-state index in [0.717, 1.165) is 18.7 Å². The van der Waals surface area contributed by atoms with E-state index in [1.165, 1.54) is 0 Å². The molecule has 6 nitrogen and oxygen atoms in total. The third kappa shape index (κ3) is 4.00. The molecule has 0 aliphatic carbocycles. The molecule has 98 valence electrons. The summed E-state index contributed by atoms with van der Waals surface area (Å²) in [5.74, 6) is -1.69. The van der Waals surface area contributed by atoms with Crippen molar-refractivity contribution in [2.75, 3.05) is 18.8 Å². The Bertz CT molecular complexity index is 451. The van der Waals surface area contributed by atoms with Crippen molar-refractivity contribution in [3.8, 4) is 0 Å². The smallest absolute Gasteiger partial charge is 0.255 e. The standard InChI is InChI=1S/C11H15FN4O2/c1-2-3-14-9(17)6-16-11(18)8-4-7(12)5-15-10(8)13/h4-5H,2-3,6H2,1H3,(H2,13,15)(H,14,17)(H,16,18). The van der Waals surface area contributed by atoms with Crippen LogP contribution in [0.25, 0.3) is 0 Å². The highest BCUT2D eigenvalue weighted by Gasteiger charge is 2.12. The largest absolute Gasteiger partial charge is 0.383 e. The van der Waals surface area contributed by atoms with Gasteiger partial charge in [-0.3, -0.25) is 9.59 Å². The first kappa shape index (κ1) is 13.9. The van der Waals surface area contributed by atoms with Crippen LogP contribution in [0.5, 0.6) is 0 Å². The molecular formula is C11H15FN4O2. The quantitative estimate of drug-likeness (QED) is 0.692. The van der Waals surface area contributed by atoms with Crippen LogP contribution in [0.4, 0.5) is 10.2 Å². The van der Waals surface area contributed by atoms with Crippen LogP contribution in [0.1, 0.15) is 23.7 Å². The number of hydrogen-bond acceptors (Lipinski definition) is 4. The van der Waals surface area contributed by atoms with E-state index in [1.54, 1.807) is 0 Å². The van der Waals surface area contributed by atoms with Gasteiger partial charge in [-0.25, -0.2) is 9.37 Å². The highest BCUT2D eigenvalue weighted by Crippen LogP contribution is 2.09. The molecule has 1 aromatic heterocycles. The Balaban J connectivity index is 2.55. The molecule has 2 amide bonds. The van der Waals surface area contributed by atoms with Gasteiger partial charge in [0.15, 0.2) is 0 Å². The molecule has 18 heavy (non-hydrogen) atoms. The van der Waals surface area contributed by atoms with Gasteiger partial charge in [0, 0.05) is 6.54 Å². The Morgan fingerprint density at radius 1 is 1.44 bits per heavy atom. The number of nitrogens with one attached hydrogen (secondary N) is 2. The van der Waals surface area contributed by atoms with E-state index >= 15 is 0 Å². The molecule has 0 radical (unpaired) electrons. The SMILES string of the molecule is CCCNC(=O)CNC(=O)c1cc(F)cnc1N. The third-order valence-corrected chi connectivity index (χ3v) is 2.11. The fraction of sp³-hybridized carbons (Fsp3) is 0.364. The molecule has 0 aromatic carbocycles. The summed E-state index contributed by atoms with van der Waals surface area (Å²) in [5.41, 5.74) is 5.35. The van der Waals surface area contributed by atoms with Crippen molar-refractivity contribution in [2.45, 2.75) is 13.3 Å². The summed E-state index contributed by atoms with van der Waals surface area (Å²) >= 11 is 0. The number of carbonyl (C=O) groups excluding carboxylic acids is 2. The van der Waals surface area contributed by atoms with Gasteiger partial charge in [-0.2, -0.15) is 0 Å². The molecule has 0 fully saturated rings. The normalized spacial score (nSPS) is 9.89. The monoisotopic (exact) mass is 254 g/mol. The Morgan fingerprint density at radius 2 is 2.17 bits per heavy atom. The Labute approximate surface area is 104 Å². The molecule has 1 heterocycles. The molecule has 0 saturated heterocycles. The molecule has 7 heteroatoms. The minimum absolute atomic E-state index is 0.0807. The fourth-order valence-electron chi connectivity index (χ4n) is 1.21. The first-order valence-corrected chi connectivity index (χ1v) is 5.50. The van der Waals surface area contributed by atoms with E-state index in [2.05, 4.69) is 15.6 Å². The van der Waals surface area contributed by atoms with Crippen LogP contribution < -0.4 is 16.4 Å². The molecule has 1 rings (SSSR count). The van der Waals surface area contributed by atoms with Gasteiger partial charge >= 0.3 is 0 Å². The molecule has 0 saturated carbocycles. The first-order valence-electron chi connectivity index (χ1n) is 5.50. The lowest BCUT2D eigenvalue weighted by Gasteiger charge is -2.07. The molecule has 4 N–H and O–H groups in total. The zero-order chi connectivity index (χ0) is 13.5. The molecule has 0 atom stereocenters. The molecule has 0 spiro atoms. The third-order valence-electron chi connectivity index (χ3n) is 2.11. The van der Waals surface area contributed by atoms with Crippen molar-refractivity contribution in [1.82, 2.24) is 15.6 Å². The topological polar surface area (TPSA) is 97.1 Å². The van der Waals surface area contributed by atoms with Crippen LogP contribution in [0.2, 0.25) is 0 Å². The summed E-state index contributed by atoms with van der Waals surface area (Å²) in [6, 6.07) is 0.974. The second-order valence-electron chi connectivity index (χ2n) is 3.62. The van der Waals surface area contributed by atoms with Gasteiger partial charge in [-0.1, -0.05) is 6.92 Å². The zero-order valence-corrected chi connectivity index (χ0v) is 10.00. The van der Waals surface area contributed by atoms with Crippen LogP contribution in [0, 0.1) is 5.82 Å². The average Bonchev–Trinajstić information content (AvgIpc) is 2.36. The number of carbonyl (C=O) groups is 2. The predicted octanol–water partition coefficient (Wildman–Crippen LogP) is 0.0589. The van der Waals surface area contributed by atoms with Crippen LogP contribution in [0.3, 0.4) is 0 Å². The maximum atomic E-state index is 12.9. The second-order valence-corrected chi connectivity index (χ2v) is 3.62. The number of hydrogen-bond donors (Lipinski definition) is 3. The highest BCUT2D eigenvalue weighted by atomic mass is 19.1. The minimum atomic E-state index is -0.662. The fourth-order valence-corrected chi connectivity index (χ4v) is 1.21. The number of amides is 2. The van der Waals surface area contributed by atoms with E-state index in [9.17, 15) is 14.0 Å². The average molecular weight is 254 g/mol. The number of pyridine rings is 1. The Hall–Kier alpha value is -2.18. The van der Waals surface area contributed by atoms with E-state index in [-0.39, 0.29) is 23.8 Å². The van der Waals surface area contributed by atoms with Crippen molar-refractivity contribution in [1.29, 1.82) is 0 Å². The molecule has 1 aromatic rings. The molecule has 0 bridgehead atoms. The summed E-state index contributed by atoms with van der Waals surface area (Å²) in [5, 5.41) is 4.93. The van der Waals surface area contributed by atoms with Gasteiger partial charge in [0.1, 0.15) is 11.6 Å². The second kappa shape index (κ2) is 6.53. The van der Waals surface area contributed by atoms with Crippen molar-refractivity contribution in [2.24, 2.45) is 0 Å². The van der Waals surface area contributed by atoms with Gasteiger partial charge in [0.25, 0.3) is 5.91 Å².